The molecule has 1 aromatic rings. The van der Waals surface area contributed by atoms with Gasteiger partial charge in [-0.3, -0.25) is 0 Å². The van der Waals surface area contributed by atoms with Gasteiger partial charge in [0, 0.05) is 6.54 Å². The molecule has 0 spiro atoms. The molecular weight excluding hydrogens is 288 g/mol. The fourth-order valence-electron chi connectivity index (χ4n) is 1.60. The summed E-state index contributed by atoms with van der Waals surface area (Å²) >= 11 is 3.32. The molecule has 7 heteroatoms. The van der Waals surface area contributed by atoms with Gasteiger partial charge in [0.2, 0.25) is 0 Å². The predicted molar refractivity (Wildman–Crippen MR) is 64.4 cm³/mol. The fourth-order valence-corrected chi connectivity index (χ4v) is 2.00. The van der Waals surface area contributed by atoms with Gasteiger partial charge in [0.05, 0.1) is 18.8 Å². The summed E-state index contributed by atoms with van der Waals surface area (Å²) in [7, 11) is 0. The Kier molecular flexibility index (Phi) is 3.11. The summed E-state index contributed by atoms with van der Waals surface area (Å²) in [6.45, 7) is 7.29. The number of aromatic nitrogens is 3. The van der Waals surface area contributed by atoms with Gasteiger partial charge in [-0.05, 0) is 36.7 Å². The van der Waals surface area contributed by atoms with Crippen molar-refractivity contribution in [3.05, 3.63) is 10.3 Å². The van der Waals surface area contributed by atoms with Crippen LogP contribution in [-0.4, -0.2) is 38.1 Å². The highest BCUT2D eigenvalue weighted by Gasteiger charge is 2.27. The maximum atomic E-state index is 11.9. The van der Waals surface area contributed by atoms with E-state index in [9.17, 15) is 4.79 Å². The highest BCUT2D eigenvalue weighted by molar-refractivity contribution is 9.10. The van der Waals surface area contributed by atoms with E-state index in [-0.39, 0.29) is 6.09 Å². The largest absolute Gasteiger partial charge is 0.444 e. The zero-order valence-corrected chi connectivity index (χ0v) is 11.7. The minimum Gasteiger partial charge on any atom is -0.444 e. The molecule has 1 amide bonds. The topological polar surface area (TPSA) is 60.2 Å². The summed E-state index contributed by atoms with van der Waals surface area (Å²) < 4.78 is 7.81. The lowest BCUT2D eigenvalue weighted by atomic mass is 10.2. The standard InChI is InChI=1S/C10H15BrN4O2/c1-10(2,3)17-9(16)14-4-5-15-7(6-14)8(11)12-13-15/h4-6H2,1-3H3. The number of hydrogen-bond acceptors (Lipinski definition) is 4. The van der Waals surface area contributed by atoms with Gasteiger partial charge in [-0.25, -0.2) is 9.48 Å². The second kappa shape index (κ2) is 4.29. The van der Waals surface area contributed by atoms with E-state index in [1.165, 1.54) is 0 Å². The summed E-state index contributed by atoms with van der Waals surface area (Å²) in [6.07, 6.45) is -0.295. The number of fused-ring (bicyclic) bond motifs is 1. The van der Waals surface area contributed by atoms with Crippen molar-refractivity contribution < 1.29 is 9.53 Å². The van der Waals surface area contributed by atoms with E-state index >= 15 is 0 Å². The van der Waals surface area contributed by atoms with Gasteiger partial charge in [0.1, 0.15) is 5.60 Å². The van der Waals surface area contributed by atoms with E-state index < -0.39 is 5.60 Å². The molecule has 0 atom stereocenters. The molecule has 0 bridgehead atoms. The molecular formula is C10H15BrN4O2. The average molecular weight is 303 g/mol. The summed E-state index contributed by atoms with van der Waals surface area (Å²) in [5.41, 5.74) is 0.437. The zero-order chi connectivity index (χ0) is 12.6. The third-order valence-electron chi connectivity index (χ3n) is 2.36. The van der Waals surface area contributed by atoms with Crippen LogP contribution in [0, 0.1) is 0 Å². The van der Waals surface area contributed by atoms with Crippen molar-refractivity contribution in [1.29, 1.82) is 0 Å². The number of rotatable bonds is 0. The van der Waals surface area contributed by atoms with E-state index in [0.717, 1.165) is 5.69 Å². The van der Waals surface area contributed by atoms with Crippen LogP contribution >= 0.6 is 15.9 Å². The number of carbonyl (C=O) groups excluding carboxylic acids is 1. The van der Waals surface area contributed by atoms with Crippen molar-refractivity contribution in [2.24, 2.45) is 0 Å². The highest BCUT2D eigenvalue weighted by atomic mass is 79.9. The van der Waals surface area contributed by atoms with Crippen molar-refractivity contribution in [2.45, 2.75) is 39.5 Å². The maximum Gasteiger partial charge on any atom is 0.410 e. The van der Waals surface area contributed by atoms with Gasteiger partial charge in [-0.15, -0.1) is 5.10 Å². The Hall–Kier alpha value is -1.11. The van der Waals surface area contributed by atoms with E-state index in [4.69, 9.17) is 4.74 Å². The fraction of sp³-hybridized carbons (Fsp3) is 0.700. The van der Waals surface area contributed by atoms with Gasteiger partial charge >= 0.3 is 6.09 Å². The molecule has 2 rings (SSSR count). The molecule has 0 saturated heterocycles. The second-order valence-corrected chi connectivity index (χ2v) is 5.70. The van der Waals surface area contributed by atoms with Gasteiger partial charge in [0.15, 0.2) is 4.60 Å². The maximum absolute atomic E-state index is 11.9. The van der Waals surface area contributed by atoms with Gasteiger partial charge in [0.25, 0.3) is 0 Å². The third kappa shape index (κ3) is 2.77. The number of hydrogen-bond donors (Lipinski definition) is 0. The first-order valence-corrected chi connectivity index (χ1v) is 6.22. The molecule has 1 aliphatic heterocycles. The molecule has 0 aliphatic carbocycles. The van der Waals surface area contributed by atoms with Gasteiger partial charge in [-0.2, -0.15) is 0 Å². The molecule has 1 aromatic heterocycles. The normalized spacial score (nSPS) is 15.6. The van der Waals surface area contributed by atoms with Crippen LogP contribution in [0.4, 0.5) is 4.79 Å². The van der Waals surface area contributed by atoms with Crippen LogP contribution in [0.1, 0.15) is 26.5 Å². The molecule has 0 unspecified atom stereocenters. The van der Waals surface area contributed by atoms with Crippen LogP contribution in [-0.2, 0) is 17.8 Å². The number of nitrogens with zero attached hydrogens (tertiary/aromatic N) is 4. The second-order valence-electron chi connectivity index (χ2n) is 4.95. The van der Waals surface area contributed by atoms with Crippen molar-refractivity contribution in [1.82, 2.24) is 19.9 Å². The zero-order valence-electron chi connectivity index (χ0n) is 10.1. The lowest BCUT2D eigenvalue weighted by Crippen LogP contribution is -2.41. The first-order chi connectivity index (χ1) is 7.87. The molecule has 0 aromatic carbocycles. The van der Waals surface area contributed by atoms with Gasteiger partial charge in [-0.1, -0.05) is 5.21 Å². The molecule has 0 radical (unpaired) electrons. The molecule has 6 nitrogen and oxygen atoms in total. The number of carbonyl (C=O) groups is 1. The summed E-state index contributed by atoms with van der Waals surface area (Å²) in [6, 6.07) is 0. The third-order valence-corrected chi connectivity index (χ3v) is 2.98. The number of ether oxygens (including phenoxy) is 1. The van der Waals surface area contributed by atoms with Crippen LogP contribution in [0.5, 0.6) is 0 Å². The molecule has 0 saturated carbocycles. The van der Waals surface area contributed by atoms with Crippen molar-refractivity contribution in [3.8, 4) is 0 Å². The Morgan fingerprint density at radius 3 is 2.76 bits per heavy atom. The number of halogens is 1. The molecule has 94 valence electrons. The summed E-state index contributed by atoms with van der Waals surface area (Å²) in [5.74, 6) is 0. The Balaban J connectivity index is 2.07. The number of amides is 1. The summed E-state index contributed by atoms with van der Waals surface area (Å²) in [5, 5.41) is 7.88. The monoisotopic (exact) mass is 302 g/mol. The van der Waals surface area contributed by atoms with Crippen molar-refractivity contribution in [2.75, 3.05) is 6.54 Å². The minimum absolute atomic E-state index is 0.295. The Labute approximate surface area is 108 Å². The van der Waals surface area contributed by atoms with Crippen LogP contribution in [0.2, 0.25) is 0 Å². The Morgan fingerprint density at radius 1 is 1.41 bits per heavy atom. The van der Waals surface area contributed by atoms with Crippen LogP contribution in [0.15, 0.2) is 4.60 Å². The first kappa shape index (κ1) is 12.3. The van der Waals surface area contributed by atoms with Crippen molar-refractivity contribution in [3.63, 3.8) is 0 Å². The van der Waals surface area contributed by atoms with E-state index in [2.05, 4.69) is 26.2 Å². The lowest BCUT2D eigenvalue weighted by molar-refractivity contribution is 0.0193. The molecule has 0 N–H and O–H groups in total. The smallest absolute Gasteiger partial charge is 0.410 e. The van der Waals surface area contributed by atoms with Crippen LogP contribution in [0.3, 0.4) is 0 Å². The van der Waals surface area contributed by atoms with E-state index in [1.807, 2.05) is 20.8 Å². The average Bonchev–Trinajstić information content (AvgIpc) is 2.57. The first-order valence-electron chi connectivity index (χ1n) is 5.42. The minimum atomic E-state index is -0.468. The highest BCUT2D eigenvalue weighted by Crippen LogP contribution is 2.20. The van der Waals surface area contributed by atoms with Crippen molar-refractivity contribution >= 4 is 22.0 Å². The van der Waals surface area contributed by atoms with Crippen LogP contribution in [0.25, 0.3) is 0 Å². The van der Waals surface area contributed by atoms with Crippen LogP contribution < -0.4 is 0 Å². The lowest BCUT2D eigenvalue weighted by Gasteiger charge is -2.30. The predicted octanol–water partition coefficient (Wildman–Crippen LogP) is 1.79. The Bertz CT molecular complexity index is 438. The molecule has 0 fully saturated rings. The molecule has 1 aliphatic rings. The van der Waals surface area contributed by atoms with E-state index in [1.54, 1.807) is 9.58 Å². The quantitative estimate of drug-likeness (QED) is 0.733. The SMILES string of the molecule is CC(C)(C)OC(=O)N1CCn2nnc(Br)c2C1. The van der Waals surface area contributed by atoms with E-state index in [0.29, 0.717) is 24.2 Å². The molecule has 17 heavy (non-hydrogen) atoms. The molecule has 2 heterocycles. The Morgan fingerprint density at radius 2 is 2.12 bits per heavy atom. The van der Waals surface area contributed by atoms with Gasteiger partial charge < -0.3 is 9.64 Å². The summed E-state index contributed by atoms with van der Waals surface area (Å²) in [4.78, 5) is 13.6.